The summed E-state index contributed by atoms with van der Waals surface area (Å²) in [5.74, 6) is -0.200. The maximum absolute atomic E-state index is 13.5. The van der Waals surface area contributed by atoms with Crippen molar-refractivity contribution in [2.45, 2.75) is 32.6 Å². The lowest BCUT2D eigenvalue weighted by atomic mass is 9.83. The van der Waals surface area contributed by atoms with Gasteiger partial charge < -0.3 is 10.6 Å². The van der Waals surface area contributed by atoms with Crippen molar-refractivity contribution in [1.29, 1.82) is 0 Å². The SMILES string of the molecule is C=c1ccc2c(c1)Cc1cc(N3CCCCC3)ccc1C=2c1ccc(F)cc1.CCN. The first-order chi connectivity index (χ1) is 15.1. The number of fused-ring (bicyclic) bond motifs is 2. The average molecular weight is 415 g/mol. The van der Waals surface area contributed by atoms with Gasteiger partial charge in [-0.1, -0.05) is 49.9 Å². The molecule has 3 aromatic rings. The molecule has 0 amide bonds. The monoisotopic (exact) mass is 414 g/mol. The van der Waals surface area contributed by atoms with Gasteiger partial charge in [-0.05, 0) is 94.8 Å². The Morgan fingerprint density at radius 2 is 1.61 bits per heavy atom. The Labute approximate surface area is 184 Å². The van der Waals surface area contributed by atoms with Crippen LogP contribution >= 0.6 is 0 Å². The zero-order valence-corrected chi connectivity index (χ0v) is 18.3. The molecule has 3 aromatic carbocycles. The second-order valence-corrected chi connectivity index (χ2v) is 8.35. The lowest BCUT2D eigenvalue weighted by Gasteiger charge is -2.30. The van der Waals surface area contributed by atoms with Gasteiger partial charge in [-0.25, -0.2) is 4.39 Å². The molecule has 1 heterocycles. The molecule has 2 aliphatic rings. The Bertz CT molecular complexity index is 1160. The van der Waals surface area contributed by atoms with Crippen LogP contribution in [0.4, 0.5) is 10.1 Å². The summed E-state index contributed by atoms with van der Waals surface area (Å²) in [6.07, 6.45) is 4.81. The van der Waals surface area contributed by atoms with Crippen LogP contribution in [0.1, 0.15) is 48.4 Å². The van der Waals surface area contributed by atoms with Gasteiger partial charge in [-0.2, -0.15) is 0 Å². The van der Waals surface area contributed by atoms with Crippen LogP contribution in [0.2, 0.25) is 0 Å². The minimum absolute atomic E-state index is 0.200. The molecule has 0 saturated carbocycles. The van der Waals surface area contributed by atoms with E-state index in [2.05, 4.69) is 47.9 Å². The Kier molecular flexibility index (Phi) is 6.53. The summed E-state index contributed by atoms with van der Waals surface area (Å²) in [6.45, 7) is 9.06. The fraction of sp³-hybridized carbons (Fsp3) is 0.286. The van der Waals surface area contributed by atoms with Crippen molar-refractivity contribution >= 4 is 17.8 Å². The van der Waals surface area contributed by atoms with Gasteiger partial charge >= 0.3 is 0 Å². The second kappa shape index (κ2) is 9.49. The highest BCUT2D eigenvalue weighted by Gasteiger charge is 2.20. The van der Waals surface area contributed by atoms with E-state index in [0.29, 0.717) is 0 Å². The molecule has 0 radical (unpaired) electrons. The quantitative estimate of drug-likeness (QED) is 0.529. The van der Waals surface area contributed by atoms with E-state index in [1.54, 1.807) is 12.1 Å². The Balaban J connectivity index is 0.000000730. The summed E-state index contributed by atoms with van der Waals surface area (Å²) >= 11 is 0. The first-order valence-electron chi connectivity index (χ1n) is 11.3. The van der Waals surface area contributed by atoms with Crippen molar-refractivity contribution in [2.24, 2.45) is 5.73 Å². The third-order valence-corrected chi connectivity index (χ3v) is 6.03. The van der Waals surface area contributed by atoms with E-state index < -0.39 is 0 Å². The predicted molar refractivity (Wildman–Crippen MR) is 129 cm³/mol. The van der Waals surface area contributed by atoms with Crippen molar-refractivity contribution in [3.8, 4) is 0 Å². The number of anilines is 1. The summed E-state index contributed by atoms with van der Waals surface area (Å²) in [5, 5.41) is 2.27. The lowest BCUT2D eigenvalue weighted by Crippen LogP contribution is -2.30. The summed E-state index contributed by atoms with van der Waals surface area (Å²) in [6, 6.07) is 20.2. The van der Waals surface area contributed by atoms with Crippen LogP contribution < -0.4 is 21.1 Å². The molecular weight excluding hydrogens is 383 g/mol. The van der Waals surface area contributed by atoms with Gasteiger partial charge in [-0.3, -0.25) is 0 Å². The molecular formula is C28H31FN2. The van der Waals surface area contributed by atoms with E-state index in [-0.39, 0.29) is 5.82 Å². The molecule has 0 unspecified atom stereocenters. The number of rotatable bonds is 2. The third kappa shape index (κ3) is 4.57. The molecule has 0 atom stereocenters. The highest BCUT2D eigenvalue weighted by molar-refractivity contribution is 5.84. The number of hydrogen-bond acceptors (Lipinski definition) is 2. The molecule has 1 saturated heterocycles. The average Bonchev–Trinajstić information content (AvgIpc) is 2.79. The van der Waals surface area contributed by atoms with Crippen LogP contribution in [0.3, 0.4) is 0 Å². The van der Waals surface area contributed by atoms with Gasteiger partial charge in [0.1, 0.15) is 5.82 Å². The van der Waals surface area contributed by atoms with Gasteiger partial charge in [0, 0.05) is 18.8 Å². The maximum Gasteiger partial charge on any atom is 0.123 e. The van der Waals surface area contributed by atoms with Crippen molar-refractivity contribution in [1.82, 2.24) is 0 Å². The first kappa shape index (κ1) is 21.3. The predicted octanol–water partition coefficient (Wildman–Crippen LogP) is 4.34. The van der Waals surface area contributed by atoms with Crippen molar-refractivity contribution in [2.75, 3.05) is 24.5 Å². The smallest absolute Gasteiger partial charge is 0.123 e. The topological polar surface area (TPSA) is 29.3 Å². The second-order valence-electron chi connectivity index (χ2n) is 8.35. The molecule has 1 aliphatic carbocycles. The molecule has 1 aliphatic heterocycles. The number of halogens is 1. The minimum Gasteiger partial charge on any atom is -0.372 e. The van der Waals surface area contributed by atoms with Crippen LogP contribution in [0, 0.1) is 5.82 Å². The molecule has 160 valence electrons. The highest BCUT2D eigenvalue weighted by atomic mass is 19.1. The molecule has 0 bridgehead atoms. The molecule has 2 N–H and O–H groups in total. The summed E-state index contributed by atoms with van der Waals surface area (Å²) in [7, 11) is 0. The lowest BCUT2D eigenvalue weighted by molar-refractivity contribution is 0.577. The van der Waals surface area contributed by atoms with E-state index in [4.69, 9.17) is 5.73 Å². The maximum atomic E-state index is 13.5. The normalized spacial score (nSPS) is 14.9. The fourth-order valence-corrected chi connectivity index (χ4v) is 4.63. The van der Waals surface area contributed by atoms with E-state index >= 15 is 0 Å². The van der Waals surface area contributed by atoms with Crippen LogP contribution in [0.5, 0.6) is 0 Å². The number of nitrogens with two attached hydrogens (primary N) is 1. The Morgan fingerprint density at radius 1 is 0.903 bits per heavy atom. The van der Waals surface area contributed by atoms with E-state index in [1.807, 2.05) is 19.1 Å². The Morgan fingerprint density at radius 3 is 2.32 bits per heavy atom. The summed E-state index contributed by atoms with van der Waals surface area (Å²) in [4.78, 5) is 2.51. The van der Waals surface area contributed by atoms with Gasteiger partial charge in [0.05, 0.1) is 0 Å². The fourth-order valence-electron chi connectivity index (χ4n) is 4.63. The van der Waals surface area contributed by atoms with Crippen molar-refractivity contribution < 1.29 is 4.39 Å². The van der Waals surface area contributed by atoms with Gasteiger partial charge in [0.15, 0.2) is 0 Å². The number of benzene rings is 3. The number of nitrogens with zero attached hydrogens (tertiary/aromatic N) is 1. The highest BCUT2D eigenvalue weighted by Crippen LogP contribution is 2.32. The minimum atomic E-state index is -0.200. The first-order valence-corrected chi connectivity index (χ1v) is 11.3. The van der Waals surface area contributed by atoms with Gasteiger partial charge in [0.2, 0.25) is 0 Å². The van der Waals surface area contributed by atoms with E-state index in [9.17, 15) is 4.39 Å². The van der Waals surface area contributed by atoms with Crippen molar-refractivity contribution in [3.63, 3.8) is 0 Å². The largest absolute Gasteiger partial charge is 0.372 e. The van der Waals surface area contributed by atoms with Gasteiger partial charge in [0.25, 0.3) is 0 Å². The van der Waals surface area contributed by atoms with E-state index in [1.165, 1.54) is 52.4 Å². The summed E-state index contributed by atoms with van der Waals surface area (Å²) in [5.41, 5.74) is 12.3. The van der Waals surface area contributed by atoms with Crippen molar-refractivity contribution in [3.05, 3.63) is 99.2 Å². The molecule has 31 heavy (non-hydrogen) atoms. The molecule has 0 aromatic heterocycles. The molecule has 2 nitrogen and oxygen atoms in total. The van der Waals surface area contributed by atoms with Crippen LogP contribution in [-0.2, 0) is 6.42 Å². The standard InChI is InChI=1S/C26H24FN.C2H7N/c1-18-5-11-24-20(15-18)16-21-17-23(28-13-3-2-4-14-28)10-12-25(21)26(24)19-6-8-22(27)9-7-19;1-2-3/h5-12,15,17H,1-4,13-14,16H2;2-3H2,1H3. The van der Waals surface area contributed by atoms with E-state index in [0.717, 1.165) is 36.8 Å². The zero-order chi connectivity index (χ0) is 21.8. The van der Waals surface area contributed by atoms with Crippen LogP contribution in [0.15, 0.2) is 60.7 Å². The van der Waals surface area contributed by atoms with Crippen LogP contribution in [-0.4, -0.2) is 19.6 Å². The zero-order valence-electron chi connectivity index (χ0n) is 18.3. The third-order valence-electron chi connectivity index (χ3n) is 6.03. The van der Waals surface area contributed by atoms with Crippen LogP contribution in [0.25, 0.3) is 12.2 Å². The molecule has 5 rings (SSSR count). The molecule has 3 heteroatoms. The molecule has 0 spiro atoms. The summed E-state index contributed by atoms with van der Waals surface area (Å²) < 4.78 is 13.5. The Hall–Kier alpha value is -2.91. The number of hydrogen-bond donors (Lipinski definition) is 1. The molecule has 1 fully saturated rings. The van der Waals surface area contributed by atoms with Gasteiger partial charge in [-0.15, -0.1) is 0 Å². The number of piperidine rings is 1.